The number of halogens is 1. The molecule has 154 valence electrons. The average molecular weight is 436 g/mol. The van der Waals surface area contributed by atoms with Gasteiger partial charge in [0, 0.05) is 29.6 Å². The van der Waals surface area contributed by atoms with Crippen LogP contribution in [0.4, 0.5) is 0 Å². The van der Waals surface area contributed by atoms with Gasteiger partial charge < -0.3 is 0 Å². The monoisotopic (exact) mass is 435 g/mol. The molecule has 1 saturated heterocycles. The second kappa shape index (κ2) is 8.94. The van der Waals surface area contributed by atoms with Crippen LogP contribution >= 0.6 is 11.6 Å². The highest BCUT2D eigenvalue weighted by molar-refractivity contribution is 7.89. The lowest BCUT2D eigenvalue weighted by Crippen LogP contribution is -2.48. The van der Waals surface area contributed by atoms with Crippen LogP contribution in [0.2, 0.25) is 5.02 Å². The van der Waals surface area contributed by atoms with E-state index in [1.807, 2.05) is 6.92 Å². The normalized spacial score (nSPS) is 15.7. The Morgan fingerprint density at radius 3 is 2.14 bits per heavy atom. The minimum Gasteiger partial charge on any atom is -0.273 e. The van der Waals surface area contributed by atoms with Gasteiger partial charge in [0.15, 0.2) is 0 Å². The fourth-order valence-corrected chi connectivity index (χ4v) is 4.71. The van der Waals surface area contributed by atoms with Gasteiger partial charge in [0.05, 0.1) is 4.90 Å². The standard InChI is InChI=1S/C20H22ClN3O4S/c1-14-2-8-18(9-3-14)29(27,28)24-12-10-16(11-13-24)20(26)23-22-19(25)15-4-6-17(21)7-5-15/h2-9,16H,10-13H2,1H3,(H,22,25)(H,23,26). The molecule has 2 N–H and O–H groups in total. The smallest absolute Gasteiger partial charge is 0.269 e. The Morgan fingerprint density at radius 2 is 1.55 bits per heavy atom. The molecule has 9 heteroatoms. The summed E-state index contributed by atoms with van der Waals surface area (Å²) in [5.41, 5.74) is 6.15. The van der Waals surface area contributed by atoms with E-state index in [9.17, 15) is 18.0 Å². The van der Waals surface area contributed by atoms with Crippen molar-refractivity contribution < 1.29 is 18.0 Å². The molecule has 2 amide bonds. The lowest BCUT2D eigenvalue weighted by atomic mass is 9.98. The number of nitrogens with zero attached hydrogens (tertiary/aromatic N) is 1. The predicted molar refractivity (Wildman–Crippen MR) is 110 cm³/mol. The summed E-state index contributed by atoms with van der Waals surface area (Å²) in [6.45, 7) is 2.39. The number of carbonyl (C=O) groups is 2. The summed E-state index contributed by atoms with van der Waals surface area (Å²) in [5.74, 6) is -1.15. The maximum Gasteiger partial charge on any atom is 0.269 e. The third-order valence-corrected chi connectivity index (χ3v) is 7.05. The highest BCUT2D eigenvalue weighted by Crippen LogP contribution is 2.24. The number of rotatable bonds is 4. The van der Waals surface area contributed by atoms with Crippen molar-refractivity contribution in [3.8, 4) is 0 Å². The molecule has 29 heavy (non-hydrogen) atoms. The van der Waals surface area contributed by atoms with Crippen LogP contribution in [-0.2, 0) is 14.8 Å². The zero-order chi connectivity index (χ0) is 21.0. The third kappa shape index (κ3) is 5.14. The quantitative estimate of drug-likeness (QED) is 0.721. The lowest BCUT2D eigenvalue weighted by Gasteiger charge is -2.30. The fourth-order valence-electron chi connectivity index (χ4n) is 3.11. The molecule has 0 aromatic heterocycles. The van der Waals surface area contributed by atoms with Crippen LogP contribution in [-0.4, -0.2) is 37.6 Å². The summed E-state index contributed by atoms with van der Waals surface area (Å²) < 4.78 is 26.9. The van der Waals surface area contributed by atoms with Crippen molar-refractivity contribution in [3.05, 3.63) is 64.7 Å². The van der Waals surface area contributed by atoms with Crippen molar-refractivity contribution in [3.63, 3.8) is 0 Å². The van der Waals surface area contributed by atoms with Crippen molar-refractivity contribution >= 4 is 33.4 Å². The van der Waals surface area contributed by atoms with E-state index in [1.54, 1.807) is 48.5 Å². The molecule has 0 atom stereocenters. The first-order chi connectivity index (χ1) is 13.8. The molecule has 0 unspecified atom stereocenters. The van der Waals surface area contributed by atoms with Crippen LogP contribution in [0.3, 0.4) is 0 Å². The number of carbonyl (C=O) groups excluding carboxylic acids is 2. The summed E-state index contributed by atoms with van der Waals surface area (Å²) in [5, 5.41) is 0.512. The van der Waals surface area contributed by atoms with Gasteiger partial charge in [-0.25, -0.2) is 8.42 Å². The largest absolute Gasteiger partial charge is 0.273 e. The number of piperidine rings is 1. The average Bonchev–Trinajstić information content (AvgIpc) is 2.72. The molecule has 1 heterocycles. The maximum absolute atomic E-state index is 12.7. The van der Waals surface area contributed by atoms with Crippen LogP contribution in [0.15, 0.2) is 53.4 Å². The van der Waals surface area contributed by atoms with Gasteiger partial charge in [-0.1, -0.05) is 29.3 Å². The van der Waals surface area contributed by atoms with Gasteiger partial charge in [0.1, 0.15) is 0 Å². The van der Waals surface area contributed by atoms with Gasteiger partial charge in [-0.15, -0.1) is 0 Å². The number of amides is 2. The van der Waals surface area contributed by atoms with E-state index in [0.29, 0.717) is 23.4 Å². The molecule has 2 aromatic rings. The van der Waals surface area contributed by atoms with E-state index >= 15 is 0 Å². The van der Waals surface area contributed by atoms with Crippen LogP contribution < -0.4 is 10.9 Å². The number of hydrazine groups is 1. The van der Waals surface area contributed by atoms with Crippen LogP contribution in [0, 0.1) is 12.8 Å². The molecule has 0 aliphatic carbocycles. The molecule has 3 rings (SSSR count). The molecule has 1 fully saturated rings. The Hall–Kier alpha value is -2.42. The van der Waals surface area contributed by atoms with Crippen molar-refractivity contribution in [2.75, 3.05) is 13.1 Å². The molecule has 2 aromatic carbocycles. The highest BCUT2D eigenvalue weighted by Gasteiger charge is 2.32. The molecule has 0 spiro atoms. The van der Waals surface area contributed by atoms with Crippen molar-refractivity contribution in [1.29, 1.82) is 0 Å². The number of nitrogens with one attached hydrogen (secondary N) is 2. The Kier molecular flexibility index (Phi) is 6.56. The zero-order valence-corrected chi connectivity index (χ0v) is 17.5. The topological polar surface area (TPSA) is 95.6 Å². The minimum atomic E-state index is -3.57. The van der Waals surface area contributed by atoms with E-state index in [4.69, 9.17) is 11.6 Å². The van der Waals surface area contributed by atoms with Gasteiger partial charge in [-0.3, -0.25) is 20.4 Å². The Labute approximate surface area is 175 Å². The number of hydrogen-bond acceptors (Lipinski definition) is 4. The third-order valence-electron chi connectivity index (χ3n) is 4.89. The summed E-state index contributed by atoms with van der Waals surface area (Å²) in [6.07, 6.45) is 0.765. The molecule has 0 radical (unpaired) electrons. The first-order valence-corrected chi connectivity index (χ1v) is 11.0. The zero-order valence-electron chi connectivity index (χ0n) is 15.9. The number of hydrogen-bond donors (Lipinski definition) is 2. The first kappa shape index (κ1) is 21.3. The second-order valence-electron chi connectivity index (χ2n) is 6.94. The molecular weight excluding hydrogens is 414 g/mol. The molecule has 7 nitrogen and oxygen atoms in total. The van der Waals surface area contributed by atoms with Crippen LogP contribution in [0.1, 0.15) is 28.8 Å². The molecule has 0 saturated carbocycles. The highest BCUT2D eigenvalue weighted by atomic mass is 35.5. The maximum atomic E-state index is 12.7. The molecule has 1 aliphatic rings. The van der Waals surface area contributed by atoms with Gasteiger partial charge >= 0.3 is 0 Å². The molecule has 0 bridgehead atoms. The van der Waals surface area contributed by atoms with E-state index < -0.39 is 15.9 Å². The van der Waals surface area contributed by atoms with Gasteiger partial charge in [0.2, 0.25) is 15.9 Å². The summed E-state index contributed by atoms with van der Waals surface area (Å²) in [4.78, 5) is 24.6. The summed E-state index contributed by atoms with van der Waals surface area (Å²) >= 11 is 5.79. The Balaban J connectivity index is 1.52. The van der Waals surface area contributed by atoms with E-state index in [1.165, 1.54) is 4.31 Å². The predicted octanol–water partition coefficient (Wildman–Crippen LogP) is 2.51. The van der Waals surface area contributed by atoms with Crippen molar-refractivity contribution in [1.82, 2.24) is 15.2 Å². The number of benzene rings is 2. The number of sulfonamides is 1. The fraction of sp³-hybridized carbons (Fsp3) is 0.300. The van der Waals surface area contributed by atoms with Crippen molar-refractivity contribution in [2.24, 2.45) is 5.92 Å². The van der Waals surface area contributed by atoms with Crippen LogP contribution in [0.5, 0.6) is 0 Å². The van der Waals surface area contributed by atoms with E-state index in [2.05, 4.69) is 10.9 Å². The number of aryl methyl sites for hydroxylation is 1. The van der Waals surface area contributed by atoms with Gasteiger partial charge in [0.25, 0.3) is 5.91 Å². The second-order valence-corrected chi connectivity index (χ2v) is 9.32. The van der Waals surface area contributed by atoms with E-state index in [0.717, 1.165) is 5.56 Å². The molecular formula is C20H22ClN3O4S. The van der Waals surface area contributed by atoms with E-state index in [-0.39, 0.29) is 29.8 Å². The van der Waals surface area contributed by atoms with Gasteiger partial charge in [-0.2, -0.15) is 4.31 Å². The summed E-state index contributed by atoms with van der Waals surface area (Å²) in [7, 11) is -3.57. The Bertz CT molecular complexity index is 983. The van der Waals surface area contributed by atoms with Gasteiger partial charge in [-0.05, 0) is 56.2 Å². The first-order valence-electron chi connectivity index (χ1n) is 9.20. The van der Waals surface area contributed by atoms with Crippen molar-refractivity contribution in [2.45, 2.75) is 24.7 Å². The lowest BCUT2D eigenvalue weighted by molar-refractivity contribution is -0.126. The SMILES string of the molecule is Cc1ccc(S(=O)(=O)N2CCC(C(=O)NNC(=O)c3ccc(Cl)cc3)CC2)cc1. The van der Waals surface area contributed by atoms with Crippen LogP contribution in [0.25, 0.3) is 0 Å². The molecule has 1 aliphatic heterocycles. The Morgan fingerprint density at radius 1 is 0.966 bits per heavy atom. The summed E-state index contributed by atoms with van der Waals surface area (Å²) in [6, 6.07) is 13.0. The minimum absolute atomic E-state index is 0.249.